The van der Waals surface area contributed by atoms with Gasteiger partial charge in [-0.05, 0) is 30.4 Å². The van der Waals surface area contributed by atoms with Crippen molar-refractivity contribution in [3.05, 3.63) is 23.0 Å². The molecule has 17 heavy (non-hydrogen) atoms. The van der Waals surface area contributed by atoms with Crippen molar-refractivity contribution in [2.24, 2.45) is 0 Å². The van der Waals surface area contributed by atoms with Crippen LogP contribution in [0.2, 0.25) is 0 Å². The van der Waals surface area contributed by atoms with Gasteiger partial charge in [-0.2, -0.15) is 4.98 Å². The number of ether oxygens (including phenoxy) is 2. The Morgan fingerprint density at radius 3 is 2.71 bits per heavy atom. The lowest BCUT2D eigenvalue weighted by Gasteiger charge is -2.07. The average Bonchev–Trinajstić information content (AvgIpc) is 2.64. The van der Waals surface area contributed by atoms with E-state index in [2.05, 4.69) is 15.2 Å². The molecule has 0 radical (unpaired) electrons. The molecule has 6 heteroatoms. The van der Waals surface area contributed by atoms with Crippen LogP contribution in [0.4, 0.5) is 0 Å². The smallest absolute Gasteiger partial charge is 0.213 e. The highest BCUT2D eigenvalue weighted by molar-refractivity contribution is 7.71. The molecule has 0 saturated carbocycles. The van der Waals surface area contributed by atoms with Crippen LogP contribution in [-0.4, -0.2) is 28.4 Å². The summed E-state index contributed by atoms with van der Waals surface area (Å²) in [6.45, 7) is 1.37. The zero-order chi connectivity index (χ0) is 11.7. The van der Waals surface area contributed by atoms with Gasteiger partial charge in [0.25, 0.3) is 0 Å². The fourth-order valence-corrected chi connectivity index (χ4v) is 1.86. The van der Waals surface area contributed by atoms with E-state index in [4.69, 9.17) is 21.7 Å². The van der Waals surface area contributed by atoms with E-state index >= 15 is 0 Å². The monoisotopic (exact) mass is 249 g/mol. The SMILES string of the molecule is S=c1nc(-c2ccc3c(c2)OCCCO3)[nH][nH]1. The molecule has 88 valence electrons. The van der Waals surface area contributed by atoms with E-state index in [0.717, 1.165) is 23.5 Å². The largest absolute Gasteiger partial charge is 0.490 e. The van der Waals surface area contributed by atoms with Crippen LogP contribution >= 0.6 is 12.2 Å². The first-order chi connectivity index (χ1) is 8.33. The van der Waals surface area contributed by atoms with Gasteiger partial charge in [0.05, 0.1) is 13.2 Å². The average molecular weight is 249 g/mol. The molecule has 2 aromatic rings. The molecule has 0 spiro atoms. The highest BCUT2D eigenvalue weighted by Crippen LogP contribution is 2.32. The van der Waals surface area contributed by atoms with Gasteiger partial charge in [-0.1, -0.05) is 0 Å². The Labute approximate surface area is 103 Å². The van der Waals surface area contributed by atoms with Gasteiger partial charge in [-0.25, -0.2) is 0 Å². The molecule has 1 aromatic heterocycles. The van der Waals surface area contributed by atoms with Crippen molar-refractivity contribution < 1.29 is 9.47 Å². The Balaban J connectivity index is 2.02. The van der Waals surface area contributed by atoms with Crippen LogP contribution in [-0.2, 0) is 0 Å². The molecular formula is C11H11N3O2S. The van der Waals surface area contributed by atoms with E-state index in [9.17, 15) is 0 Å². The molecule has 0 amide bonds. The van der Waals surface area contributed by atoms with E-state index in [1.807, 2.05) is 18.2 Å². The van der Waals surface area contributed by atoms with Crippen molar-refractivity contribution >= 4 is 12.2 Å². The minimum atomic E-state index is 0.437. The maximum atomic E-state index is 5.61. The second-order valence-electron chi connectivity index (χ2n) is 3.73. The van der Waals surface area contributed by atoms with Gasteiger partial charge in [0.1, 0.15) is 0 Å². The maximum Gasteiger partial charge on any atom is 0.213 e. The minimum Gasteiger partial charge on any atom is -0.490 e. The summed E-state index contributed by atoms with van der Waals surface area (Å²) in [5, 5.41) is 5.67. The predicted octanol–water partition coefficient (Wildman–Crippen LogP) is 2.30. The van der Waals surface area contributed by atoms with Crippen molar-refractivity contribution in [1.29, 1.82) is 0 Å². The van der Waals surface area contributed by atoms with E-state index < -0.39 is 0 Å². The second kappa shape index (κ2) is 4.21. The van der Waals surface area contributed by atoms with Gasteiger partial charge in [-0.3, -0.25) is 10.2 Å². The third-order valence-electron chi connectivity index (χ3n) is 2.52. The Morgan fingerprint density at radius 2 is 1.94 bits per heavy atom. The topological polar surface area (TPSA) is 62.9 Å². The van der Waals surface area contributed by atoms with Gasteiger partial charge in [0.15, 0.2) is 17.3 Å². The summed E-state index contributed by atoms with van der Waals surface area (Å²) in [4.78, 5) is 4.16. The first-order valence-electron chi connectivity index (χ1n) is 5.37. The van der Waals surface area contributed by atoms with Crippen LogP contribution in [0.15, 0.2) is 18.2 Å². The minimum absolute atomic E-state index is 0.437. The van der Waals surface area contributed by atoms with Crippen molar-refractivity contribution in [2.75, 3.05) is 13.2 Å². The van der Waals surface area contributed by atoms with Gasteiger partial charge in [-0.15, -0.1) is 0 Å². The molecule has 0 saturated heterocycles. The molecule has 1 aromatic carbocycles. The van der Waals surface area contributed by atoms with E-state index in [0.29, 0.717) is 23.8 Å². The standard InChI is InChI=1S/C11H11N3O2S/c17-11-12-10(13-14-11)7-2-3-8-9(6-7)16-5-1-4-15-8/h2-3,6H,1,4-5H2,(H2,12,13,14,17). The molecule has 3 rings (SSSR count). The molecule has 0 aliphatic carbocycles. The molecule has 0 atom stereocenters. The summed E-state index contributed by atoms with van der Waals surface area (Å²) in [6.07, 6.45) is 0.898. The van der Waals surface area contributed by atoms with E-state index in [1.165, 1.54) is 0 Å². The fraction of sp³-hybridized carbons (Fsp3) is 0.273. The molecule has 0 fully saturated rings. The summed E-state index contributed by atoms with van der Waals surface area (Å²) < 4.78 is 11.6. The number of hydrogen-bond acceptors (Lipinski definition) is 4. The predicted molar refractivity (Wildman–Crippen MR) is 64.8 cm³/mol. The maximum absolute atomic E-state index is 5.61. The molecule has 1 aliphatic heterocycles. The van der Waals surface area contributed by atoms with Gasteiger partial charge in [0, 0.05) is 12.0 Å². The highest BCUT2D eigenvalue weighted by atomic mass is 32.1. The first kappa shape index (κ1) is 10.3. The van der Waals surface area contributed by atoms with Crippen LogP contribution in [0.25, 0.3) is 11.4 Å². The number of aromatic nitrogens is 3. The van der Waals surface area contributed by atoms with Gasteiger partial charge < -0.3 is 9.47 Å². The number of aromatic amines is 2. The fourth-order valence-electron chi connectivity index (χ4n) is 1.72. The highest BCUT2D eigenvalue weighted by Gasteiger charge is 2.12. The summed E-state index contributed by atoms with van der Waals surface area (Å²) >= 11 is 4.92. The zero-order valence-corrected chi connectivity index (χ0v) is 9.84. The Morgan fingerprint density at radius 1 is 1.12 bits per heavy atom. The van der Waals surface area contributed by atoms with Crippen molar-refractivity contribution in [1.82, 2.24) is 15.2 Å². The summed E-state index contributed by atoms with van der Waals surface area (Å²) in [5.41, 5.74) is 0.918. The number of nitrogens with zero attached hydrogens (tertiary/aromatic N) is 1. The molecule has 0 bridgehead atoms. The first-order valence-corrected chi connectivity index (χ1v) is 5.78. The van der Waals surface area contributed by atoms with Crippen molar-refractivity contribution in [3.8, 4) is 22.9 Å². The van der Waals surface area contributed by atoms with Crippen LogP contribution < -0.4 is 9.47 Å². The van der Waals surface area contributed by atoms with Crippen LogP contribution in [0.5, 0.6) is 11.5 Å². The third-order valence-corrected chi connectivity index (χ3v) is 2.72. The summed E-state index contributed by atoms with van der Waals surface area (Å²) in [5.74, 6) is 2.23. The Bertz CT molecular complexity index is 590. The molecule has 1 aliphatic rings. The third kappa shape index (κ3) is 2.03. The van der Waals surface area contributed by atoms with E-state index in [-0.39, 0.29) is 0 Å². The number of H-pyrrole nitrogens is 2. The number of fused-ring (bicyclic) bond motifs is 1. The second-order valence-corrected chi connectivity index (χ2v) is 4.11. The van der Waals surface area contributed by atoms with Crippen LogP contribution in [0, 0.1) is 4.77 Å². The quantitative estimate of drug-likeness (QED) is 0.761. The van der Waals surface area contributed by atoms with E-state index in [1.54, 1.807) is 0 Å². The molecule has 2 N–H and O–H groups in total. The summed E-state index contributed by atoms with van der Waals surface area (Å²) in [6, 6.07) is 5.72. The lowest BCUT2D eigenvalue weighted by molar-refractivity contribution is 0.297. The molecule has 0 unspecified atom stereocenters. The lowest BCUT2D eigenvalue weighted by Crippen LogP contribution is -1.97. The molecular weight excluding hydrogens is 238 g/mol. The normalized spacial score (nSPS) is 14.4. The zero-order valence-electron chi connectivity index (χ0n) is 9.03. The van der Waals surface area contributed by atoms with Crippen molar-refractivity contribution in [3.63, 3.8) is 0 Å². The Kier molecular flexibility index (Phi) is 2.56. The number of benzene rings is 1. The number of rotatable bonds is 1. The molecule has 2 heterocycles. The van der Waals surface area contributed by atoms with Crippen LogP contribution in [0.3, 0.4) is 0 Å². The number of nitrogens with one attached hydrogen (secondary N) is 2. The summed E-state index contributed by atoms with van der Waals surface area (Å²) in [7, 11) is 0. The Hall–Kier alpha value is -1.82. The lowest BCUT2D eigenvalue weighted by atomic mass is 10.2. The van der Waals surface area contributed by atoms with Crippen LogP contribution in [0.1, 0.15) is 6.42 Å². The van der Waals surface area contributed by atoms with Gasteiger partial charge in [0.2, 0.25) is 4.77 Å². The number of hydrogen-bond donors (Lipinski definition) is 2. The van der Waals surface area contributed by atoms with Crippen molar-refractivity contribution in [2.45, 2.75) is 6.42 Å². The molecule has 5 nitrogen and oxygen atoms in total. The van der Waals surface area contributed by atoms with Gasteiger partial charge >= 0.3 is 0 Å².